The number of benzene rings is 1. The molecule has 3 aromatic rings. The van der Waals surface area contributed by atoms with Crippen LogP contribution in [0.1, 0.15) is 35.2 Å². The van der Waals surface area contributed by atoms with E-state index in [-0.39, 0.29) is 30.8 Å². The number of aliphatic hydroxyl groups excluding tert-OH is 1. The summed E-state index contributed by atoms with van der Waals surface area (Å²) in [5.41, 5.74) is 1.46. The van der Waals surface area contributed by atoms with Crippen LogP contribution in [-0.4, -0.2) is 72.1 Å². The Hall–Kier alpha value is -3.63. The summed E-state index contributed by atoms with van der Waals surface area (Å²) in [6, 6.07) is 5.11. The molecule has 2 aliphatic heterocycles. The molecule has 4 heterocycles. The van der Waals surface area contributed by atoms with Crippen molar-refractivity contribution in [3.63, 3.8) is 0 Å². The van der Waals surface area contributed by atoms with Crippen LogP contribution in [0.15, 0.2) is 23.0 Å². The van der Waals surface area contributed by atoms with Crippen LogP contribution in [-0.2, 0) is 6.54 Å². The van der Waals surface area contributed by atoms with Crippen LogP contribution in [0.4, 0.5) is 0 Å². The van der Waals surface area contributed by atoms with E-state index in [0.29, 0.717) is 69.4 Å². The molecule has 1 fully saturated rings. The molecule has 10 nitrogen and oxygen atoms in total. The number of carbonyl (C=O) groups excluding carboxylic acids is 1. The molecule has 188 valence electrons. The third-order valence-electron chi connectivity index (χ3n) is 7.37. The van der Waals surface area contributed by atoms with Gasteiger partial charge in [0.1, 0.15) is 5.69 Å². The van der Waals surface area contributed by atoms with Crippen LogP contribution in [0.2, 0.25) is 0 Å². The number of carbonyl (C=O) groups is 1. The molecule has 0 saturated carbocycles. The summed E-state index contributed by atoms with van der Waals surface area (Å²) in [5.74, 6) is 1.34. The highest BCUT2D eigenvalue weighted by Gasteiger charge is 2.37. The van der Waals surface area contributed by atoms with Crippen molar-refractivity contribution in [3.8, 4) is 34.5 Å². The monoisotopic (exact) mass is 493 g/mol. The highest BCUT2D eigenvalue weighted by atomic mass is 16.7. The van der Waals surface area contributed by atoms with Crippen molar-refractivity contribution in [1.82, 2.24) is 14.5 Å². The molecule has 6 rings (SSSR count). The van der Waals surface area contributed by atoms with E-state index in [4.69, 9.17) is 18.9 Å². The first-order chi connectivity index (χ1) is 17.5. The number of nitrogens with zero attached hydrogens (tertiary/aromatic N) is 3. The molecular formula is C26H27N3O7. The van der Waals surface area contributed by atoms with Gasteiger partial charge in [0.05, 0.1) is 43.0 Å². The van der Waals surface area contributed by atoms with E-state index < -0.39 is 0 Å². The number of pyridine rings is 2. The lowest BCUT2D eigenvalue weighted by Gasteiger charge is -2.23. The fraction of sp³-hybridized carbons (Fsp3) is 0.423. The molecule has 10 heteroatoms. The SMILES string of the molecule is COc1cc2c3c(n(CCCN4CCC[C@H]4CO)c(=O)c2cc1OC)-c1nc2c(cc1C3=O)OCO2. The molecular weight excluding hydrogens is 466 g/mol. The average Bonchev–Trinajstić information content (AvgIpc) is 3.62. The lowest BCUT2D eigenvalue weighted by molar-refractivity contribution is 0.104. The number of ether oxygens (including phenoxy) is 4. The zero-order valence-corrected chi connectivity index (χ0v) is 20.2. The molecule has 2 aromatic heterocycles. The van der Waals surface area contributed by atoms with Crippen LogP contribution >= 0.6 is 0 Å². The number of likely N-dealkylation sites (tertiary alicyclic amines) is 1. The number of fused-ring (bicyclic) bond motifs is 6. The molecule has 1 saturated heterocycles. The van der Waals surface area contributed by atoms with E-state index in [1.807, 2.05) is 0 Å². The molecule has 0 amide bonds. The number of hydrogen-bond donors (Lipinski definition) is 1. The van der Waals surface area contributed by atoms with E-state index >= 15 is 0 Å². The summed E-state index contributed by atoms with van der Waals surface area (Å²) >= 11 is 0. The summed E-state index contributed by atoms with van der Waals surface area (Å²) < 4.78 is 23.5. The highest BCUT2D eigenvalue weighted by molar-refractivity contribution is 6.26. The topological polar surface area (TPSA) is 112 Å². The largest absolute Gasteiger partial charge is 0.493 e. The number of rotatable bonds is 7. The lowest BCUT2D eigenvalue weighted by Crippen LogP contribution is -2.34. The zero-order valence-electron chi connectivity index (χ0n) is 20.2. The fourth-order valence-electron chi connectivity index (χ4n) is 5.61. The maximum absolute atomic E-state index is 13.9. The standard InChI is InChI=1S/C26H27N3O7/c1-33-18-9-15-16(10-19(18)34-2)26(32)29(8-4-7-28-6-3-5-14(28)12-30)23-21(15)24(31)17-11-20-25(27-22(17)23)36-13-35-20/h9-11,14,30H,3-8,12-13H2,1-2H3/t14-/m0/s1. The van der Waals surface area contributed by atoms with Crippen molar-refractivity contribution in [2.75, 3.05) is 40.7 Å². The minimum absolute atomic E-state index is 0.0374. The molecule has 0 spiro atoms. The molecule has 1 atom stereocenters. The first-order valence-corrected chi connectivity index (χ1v) is 12.1. The first-order valence-electron chi connectivity index (χ1n) is 12.1. The van der Waals surface area contributed by atoms with Crippen molar-refractivity contribution >= 4 is 16.6 Å². The van der Waals surface area contributed by atoms with Crippen molar-refractivity contribution in [2.24, 2.45) is 0 Å². The number of ketones is 1. The predicted molar refractivity (Wildman–Crippen MR) is 130 cm³/mol. The molecule has 1 N–H and O–H groups in total. The van der Waals surface area contributed by atoms with Crippen molar-refractivity contribution in [1.29, 1.82) is 0 Å². The van der Waals surface area contributed by atoms with Crippen molar-refractivity contribution < 1.29 is 28.8 Å². The molecule has 1 aromatic carbocycles. The fourth-order valence-corrected chi connectivity index (χ4v) is 5.61. The van der Waals surface area contributed by atoms with Crippen LogP contribution < -0.4 is 24.5 Å². The van der Waals surface area contributed by atoms with Crippen LogP contribution in [0.3, 0.4) is 0 Å². The smallest absolute Gasteiger partial charge is 0.260 e. The molecule has 3 aliphatic rings. The molecule has 1 aliphatic carbocycles. The Morgan fingerprint density at radius 1 is 1.08 bits per heavy atom. The Bertz CT molecular complexity index is 1450. The van der Waals surface area contributed by atoms with E-state index in [0.717, 1.165) is 25.9 Å². The van der Waals surface area contributed by atoms with Gasteiger partial charge in [-0.1, -0.05) is 0 Å². The molecule has 0 unspecified atom stereocenters. The second kappa shape index (κ2) is 8.79. The Morgan fingerprint density at radius 3 is 2.61 bits per heavy atom. The first kappa shape index (κ1) is 22.8. The van der Waals surface area contributed by atoms with Gasteiger partial charge < -0.3 is 28.6 Å². The average molecular weight is 494 g/mol. The van der Waals surface area contributed by atoms with E-state index in [1.54, 1.807) is 22.8 Å². The van der Waals surface area contributed by atoms with Gasteiger partial charge in [-0.2, -0.15) is 0 Å². The summed E-state index contributed by atoms with van der Waals surface area (Å²) in [4.78, 5) is 34.4. The predicted octanol–water partition coefficient (Wildman–Crippen LogP) is 2.20. The van der Waals surface area contributed by atoms with Gasteiger partial charge in [-0.05, 0) is 44.0 Å². The second-order valence-corrected chi connectivity index (χ2v) is 9.22. The number of methoxy groups -OCH3 is 2. The van der Waals surface area contributed by atoms with Gasteiger partial charge in [0.25, 0.3) is 11.4 Å². The van der Waals surface area contributed by atoms with Gasteiger partial charge in [-0.3, -0.25) is 14.5 Å². The van der Waals surface area contributed by atoms with Crippen molar-refractivity contribution in [3.05, 3.63) is 39.7 Å². The number of hydrogen-bond acceptors (Lipinski definition) is 9. The lowest BCUT2D eigenvalue weighted by atomic mass is 10.0. The van der Waals surface area contributed by atoms with Gasteiger partial charge in [-0.25, -0.2) is 4.98 Å². The number of aliphatic hydroxyl groups is 1. The molecule has 36 heavy (non-hydrogen) atoms. The third kappa shape index (κ3) is 3.35. The normalized spacial score (nSPS) is 18.1. The maximum atomic E-state index is 13.9. The minimum atomic E-state index is -0.232. The second-order valence-electron chi connectivity index (χ2n) is 9.22. The van der Waals surface area contributed by atoms with Crippen LogP contribution in [0, 0.1) is 0 Å². The molecule has 0 radical (unpaired) electrons. The zero-order chi connectivity index (χ0) is 25.0. The summed E-state index contributed by atoms with van der Waals surface area (Å²) in [6.07, 6.45) is 2.70. The van der Waals surface area contributed by atoms with Gasteiger partial charge in [0.15, 0.2) is 23.0 Å². The third-order valence-corrected chi connectivity index (χ3v) is 7.37. The van der Waals surface area contributed by atoms with Gasteiger partial charge in [0, 0.05) is 24.5 Å². The van der Waals surface area contributed by atoms with Gasteiger partial charge >= 0.3 is 0 Å². The molecule has 0 bridgehead atoms. The van der Waals surface area contributed by atoms with E-state index in [2.05, 4.69) is 9.88 Å². The number of aromatic nitrogens is 2. The van der Waals surface area contributed by atoms with Gasteiger partial charge in [0.2, 0.25) is 6.79 Å². The Balaban J connectivity index is 1.52. The Morgan fingerprint density at radius 2 is 1.86 bits per heavy atom. The highest BCUT2D eigenvalue weighted by Crippen LogP contribution is 2.45. The van der Waals surface area contributed by atoms with E-state index in [9.17, 15) is 14.7 Å². The summed E-state index contributed by atoms with van der Waals surface area (Å²) in [7, 11) is 3.02. The van der Waals surface area contributed by atoms with Gasteiger partial charge in [-0.15, -0.1) is 0 Å². The summed E-state index contributed by atoms with van der Waals surface area (Å²) in [5, 5.41) is 10.5. The van der Waals surface area contributed by atoms with E-state index in [1.165, 1.54) is 14.2 Å². The minimum Gasteiger partial charge on any atom is -0.493 e. The Kier molecular flexibility index (Phi) is 5.57. The van der Waals surface area contributed by atoms with Crippen LogP contribution in [0.5, 0.6) is 23.1 Å². The summed E-state index contributed by atoms with van der Waals surface area (Å²) in [6.45, 7) is 2.23. The van der Waals surface area contributed by atoms with Crippen LogP contribution in [0.25, 0.3) is 22.2 Å². The quantitative estimate of drug-likeness (QED) is 0.414. The Labute approximate surface area is 207 Å². The van der Waals surface area contributed by atoms with Crippen molar-refractivity contribution in [2.45, 2.75) is 31.8 Å². The maximum Gasteiger partial charge on any atom is 0.260 e.